The Labute approximate surface area is 94.9 Å². The first-order valence-corrected chi connectivity index (χ1v) is 4.16. The van der Waals surface area contributed by atoms with Gasteiger partial charge in [0.15, 0.2) is 0 Å². The Hall–Kier alpha value is -2.01. The Balaban J connectivity index is 2.70. The summed E-state index contributed by atoms with van der Waals surface area (Å²) in [6, 6.07) is -5.66. The number of alkyl halides is 6. The van der Waals surface area contributed by atoms with E-state index in [1.807, 2.05) is 0 Å². The topological polar surface area (TPSA) is 71.8 Å². The van der Waals surface area contributed by atoms with E-state index in [4.69, 9.17) is 0 Å². The molecule has 0 aliphatic rings. The SMILES string of the molecule is O=C(NC(C(F)(F)F)C(F)(F)F)Nn1cnnc1. The summed E-state index contributed by atoms with van der Waals surface area (Å²) in [5, 5.41) is 7.11. The molecule has 0 aliphatic carbocycles. The van der Waals surface area contributed by atoms with Gasteiger partial charge in [0.1, 0.15) is 12.7 Å². The normalized spacial score (nSPS) is 12.6. The van der Waals surface area contributed by atoms with E-state index in [0.29, 0.717) is 4.68 Å². The largest absolute Gasteiger partial charge is 0.417 e. The Kier molecular flexibility index (Phi) is 3.67. The van der Waals surface area contributed by atoms with E-state index in [9.17, 15) is 31.1 Å². The molecular formula is C6H5F6N5O. The molecule has 0 saturated carbocycles. The van der Waals surface area contributed by atoms with Crippen molar-refractivity contribution in [1.29, 1.82) is 0 Å². The van der Waals surface area contributed by atoms with Gasteiger partial charge in [0.05, 0.1) is 0 Å². The summed E-state index contributed by atoms with van der Waals surface area (Å²) < 4.78 is 73.0. The number of rotatable bonds is 2. The molecule has 0 spiro atoms. The van der Waals surface area contributed by atoms with Crippen LogP contribution in [-0.2, 0) is 0 Å². The Morgan fingerprint density at radius 3 is 1.89 bits per heavy atom. The summed E-state index contributed by atoms with van der Waals surface area (Å²) in [6.45, 7) is 0. The van der Waals surface area contributed by atoms with Gasteiger partial charge in [-0.25, -0.2) is 14.9 Å². The summed E-state index contributed by atoms with van der Waals surface area (Å²) >= 11 is 0. The third kappa shape index (κ3) is 3.78. The summed E-state index contributed by atoms with van der Waals surface area (Å²) in [5.74, 6) is 0. The molecule has 2 amide bonds. The second kappa shape index (κ2) is 4.70. The maximum Gasteiger partial charge on any atom is 0.417 e. The van der Waals surface area contributed by atoms with Gasteiger partial charge in [-0.1, -0.05) is 0 Å². The second-order valence-electron chi connectivity index (χ2n) is 2.97. The summed E-state index contributed by atoms with van der Waals surface area (Å²) in [4.78, 5) is 10.9. The minimum Gasteiger partial charge on any atom is -0.317 e. The van der Waals surface area contributed by atoms with E-state index in [2.05, 4.69) is 10.2 Å². The van der Waals surface area contributed by atoms with Gasteiger partial charge < -0.3 is 5.32 Å². The smallest absolute Gasteiger partial charge is 0.317 e. The van der Waals surface area contributed by atoms with Crippen LogP contribution >= 0.6 is 0 Å². The highest BCUT2D eigenvalue weighted by Crippen LogP contribution is 2.32. The van der Waals surface area contributed by atoms with Crippen LogP contribution in [0.15, 0.2) is 12.7 Å². The van der Waals surface area contributed by atoms with Crippen LogP contribution in [0.25, 0.3) is 0 Å². The number of hydrogen-bond donors (Lipinski definition) is 2. The van der Waals surface area contributed by atoms with Crippen molar-refractivity contribution in [2.24, 2.45) is 0 Å². The van der Waals surface area contributed by atoms with E-state index >= 15 is 0 Å². The average Bonchev–Trinajstić information content (AvgIpc) is 2.63. The van der Waals surface area contributed by atoms with E-state index in [1.165, 1.54) is 0 Å². The highest BCUT2D eigenvalue weighted by molar-refractivity contribution is 5.82. The molecule has 0 bridgehead atoms. The van der Waals surface area contributed by atoms with E-state index in [0.717, 1.165) is 18.0 Å². The number of nitrogens with one attached hydrogen (secondary N) is 2. The molecule has 0 aliphatic heterocycles. The summed E-state index contributed by atoms with van der Waals surface area (Å²) in [7, 11) is 0. The van der Waals surface area contributed by atoms with Crippen LogP contribution in [0.5, 0.6) is 0 Å². The second-order valence-corrected chi connectivity index (χ2v) is 2.97. The van der Waals surface area contributed by atoms with Gasteiger partial charge >= 0.3 is 18.4 Å². The third-order valence-corrected chi connectivity index (χ3v) is 1.58. The van der Waals surface area contributed by atoms with Crippen molar-refractivity contribution in [3.05, 3.63) is 12.7 Å². The standard InChI is InChI=1S/C6H5F6N5O/c7-5(8,9)3(6(10,11)12)15-4(18)16-17-1-13-14-2-17/h1-3H,(H2,15,16,18). The zero-order valence-corrected chi connectivity index (χ0v) is 8.25. The molecule has 102 valence electrons. The fourth-order valence-corrected chi connectivity index (χ4v) is 0.888. The Morgan fingerprint density at radius 2 is 1.50 bits per heavy atom. The van der Waals surface area contributed by atoms with Crippen molar-refractivity contribution >= 4 is 6.03 Å². The molecule has 18 heavy (non-hydrogen) atoms. The quantitative estimate of drug-likeness (QED) is 0.793. The predicted octanol–water partition coefficient (Wildman–Crippen LogP) is 1.02. The lowest BCUT2D eigenvalue weighted by atomic mass is 10.3. The maximum absolute atomic E-state index is 12.1. The first-order valence-electron chi connectivity index (χ1n) is 4.16. The fourth-order valence-electron chi connectivity index (χ4n) is 0.888. The van der Waals surface area contributed by atoms with E-state index in [-0.39, 0.29) is 0 Å². The monoisotopic (exact) mass is 277 g/mol. The molecule has 0 unspecified atom stereocenters. The van der Waals surface area contributed by atoms with Gasteiger partial charge in [-0.3, -0.25) is 0 Å². The third-order valence-electron chi connectivity index (χ3n) is 1.58. The number of carbonyl (C=O) groups excluding carboxylic acids is 1. The molecule has 0 atom stereocenters. The van der Waals surface area contributed by atoms with Crippen molar-refractivity contribution in [1.82, 2.24) is 20.2 Å². The predicted molar refractivity (Wildman–Crippen MR) is 43.8 cm³/mol. The van der Waals surface area contributed by atoms with Gasteiger partial charge in [0.25, 0.3) is 0 Å². The zero-order valence-electron chi connectivity index (χ0n) is 8.25. The van der Waals surface area contributed by atoms with Crippen LogP contribution in [0.1, 0.15) is 0 Å². The summed E-state index contributed by atoms with van der Waals surface area (Å²) in [6.07, 6.45) is -9.56. The van der Waals surface area contributed by atoms with Gasteiger partial charge in [-0.2, -0.15) is 26.3 Å². The van der Waals surface area contributed by atoms with Gasteiger partial charge in [0.2, 0.25) is 6.04 Å². The van der Waals surface area contributed by atoms with Crippen LogP contribution < -0.4 is 10.7 Å². The number of hydrogen-bond acceptors (Lipinski definition) is 3. The zero-order chi connectivity index (χ0) is 14.0. The molecule has 0 fully saturated rings. The summed E-state index contributed by atoms with van der Waals surface area (Å²) in [5.41, 5.74) is 1.64. The number of nitrogens with zero attached hydrogens (tertiary/aromatic N) is 3. The van der Waals surface area contributed by atoms with Crippen LogP contribution in [-0.4, -0.2) is 39.3 Å². The van der Waals surface area contributed by atoms with Crippen LogP contribution in [0.3, 0.4) is 0 Å². The number of aromatic nitrogens is 3. The van der Waals surface area contributed by atoms with Crippen LogP contribution in [0.2, 0.25) is 0 Å². The van der Waals surface area contributed by atoms with Crippen molar-refractivity contribution in [3.63, 3.8) is 0 Å². The highest BCUT2D eigenvalue weighted by Gasteiger charge is 2.57. The molecule has 1 heterocycles. The molecular weight excluding hydrogens is 272 g/mol. The molecule has 6 nitrogen and oxygen atoms in total. The number of carbonyl (C=O) groups is 1. The average molecular weight is 277 g/mol. The maximum atomic E-state index is 12.1. The van der Waals surface area contributed by atoms with Crippen LogP contribution in [0, 0.1) is 0 Å². The first-order chi connectivity index (χ1) is 8.10. The molecule has 1 rings (SSSR count). The molecule has 2 N–H and O–H groups in total. The lowest BCUT2D eigenvalue weighted by Crippen LogP contribution is -2.56. The molecule has 1 aromatic heterocycles. The molecule has 0 radical (unpaired) electrons. The van der Waals surface area contributed by atoms with Gasteiger partial charge in [-0.15, -0.1) is 10.2 Å². The lowest BCUT2D eigenvalue weighted by Gasteiger charge is -2.23. The molecule has 0 aromatic carbocycles. The van der Waals surface area contributed by atoms with Crippen molar-refractivity contribution in [3.8, 4) is 0 Å². The molecule has 12 heteroatoms. The first kappa shape index (κ1) is 14.1. The lowest BCUT2D eigenvalue weighted by molar-refractivity contribution is -0.255. The van der Waals surface area contributed by atoms with Crippen molar-refractivity contribution in [2.75, 3.05) is 5.43 Å². The molecule has 1 aromatic rings. The molecule has 0 saturated heterocycles. The number of amides is 2. The van der Waals surface area contributed by atoms with Crippen LogP contribution in [0.4, 0.5) is 31.1 Å². The van der Waals surface area contributed by atoms with E-state index in [1.54, 1.807) is 5.43 Å². The number of halogens is 6. The Morgan fingerprint density at radius 1 is 1.06 bits per heavy atom. The minimum absolute atomic E-state index is 0.680. The minimum atomic E-state index is -5.65. The van der Waals surface area contributed by atoms with Gasteiger partial charge in [0, 0.05) is 0 Å². The fraction of sp³-hybridized carbons (Fsp3) is 0.500. The van der Waals surface area contributed by atoms with E-state index < -0.39 is 24.4 Å². The van der Waals surface area contributed by atoms with Crippen molar-refractivity contribution < 1.29 is 31.1 Å². The highest BCUT2D eigenvalue weighted by atomic mass is 19.4. The number of urea groups is 1. The van der Waals surface area contributed by atoms with Crippen molar-refractivity contribution in [2.45, 2.75) is 18.4 Å². The van der Waals surface area contributed by atoms with Gasteiger partial charge in [-0.05, 0) is 0 Å². The Bertz CT molecular complexity index is 384.